The van der Waals surface area contributed by atoms with E-state index >= 15 is 0 Å². The molecule has 0 amide bonds. The van der Waals surface area contributed by atoms with Crippen LogP contribution >= 0.6 is 11.8 Å². The Balaban J connectivity index is 1.95. The highest BCUT2D eigenvalue weighted by Crippen LogP contribution is 2.60. The normalized spacial score (nSPS) is 33.6. The summed E-state index contributed by atoms with van der Waals surface area (Å²) in [6, 6.07) is 9.51. The predicted molar refractivity (Wildman–Crippen MR) is 91.0 cm³/mol. The second-order valence-corrected chi connectivity index (χ2v) is 8.06. The number of Topliss-reactive ketones (excluding diaryl/α,β-unsaturated/α-hetero) is 1. The predicted octanol–water partition coefficient (Wildman–Crippen LogP) is 4.59. The summed E-state index contributed by atoms with van der Waals surface area (Å²) in [4.78, 5) is 25.9. The van der Waals surface area contributed by atoms with E-state index in [0.29, 0.717) is 11.8 Å². The summed E-state index contributed by atoms with van der Waals surface area (Å²) in [5.74, 6) is 1.78. The molecule has 0 saturated heterocycles. The lowest BCUT2D eigenvalue weighted by Gasteiger charge is -2.34. The van der Waals surface area contributed by atoms with E-state index in [4.69, 9.17) is 0 Å². The Hall–Kier alpha value is -1.09. The Morgan fingerprint density at radius 3 is 2.64 bits per heavy atom. The summed E-state index contributed by atoms with van der Waals surface area (Å²) in [6.45, 7) is 4.08. The van der Waals surface area contributed by atoms with E-state index in [-0.39, 0.29) is 16.8 Å². The van der Waals surface area contributed by atoms with E-state index in [1.54, 1.807) is 0 Å². The molecule has 0 unspecified atom stereocenters. The van der Waals surface area contributed by atoms with Crippen molar-refractivity contribution in [3.05, 3.63) is 35.9 Å². The number of benzene rings is 1. The Morgan fingerprint density at radius 1 is 1.23 bits per heavy atom. The van der Waals surface area contributed by atoms with Crippen LogP contribution in [-0.2, 0) is 4.79 Å². The molecule has 2 fully saturated rings. The monoisotopic (exact) mass is 316 g/mol. The van der Waals surface area contributed by atoms with Gasteiger partial charge in [-0.1, -0.05) is 68.8 Å². The maximum atomic E-state index is 13.0. The number of hydrogen-bond donors (Lipinski definition) is 0. The molecule has 2 aliphatic carbocycles. The van der Waals surface area contributed by atoms with Crippen LogP contribution in [0.25, 0.3) is 0 Å². The van der Waals surface area contributed by atoms with Crippen molar-refractivity contribution in [3.63, 3.8) is 0 Å². The minimum absolute atomic E-state index is 0.142. The number of carbonyl (C=O) groups excluding carboxylic acids is 2. The molecule has 2 saturated carbocycles. The first-order chi connectivity index (χ1) is 10.6. The van der Waals surface area contributed by atoms with Crippen LogP contribution in [0.4, 0.5) is 0 Å². The van der Waals surface area contributed by atoms with E-state index in [2.05, 4.69) is 6.92 Å². The maximum absolute atomic E-state index is 13.0. The van der Waals surface area contributed by atoms with Crippen molar-refractivity contribution in [2.45, 2.75) is 39.5 Å². The van der Waals surface area contributed by atoms with Gasteiger partial charge in [-0.05, 0) is 30.4 Å². The molecule has 0 aliphatic heterocycles. The number of ketones is 1. The van der Waals surface area contributed by atoms with E-state index < -0.39 is 5.41 Å². The number of hydrogen-bond acceptors (Lipinski definition) is 3. The molecule has 0 heterocycles. The molecule has 1 aromatic rings. The van der Waals surface area contributed by atoms with Crippen molar-refractivity contribution in [2.75, 3.05) is 5.75 Å². The molecule has 0 radical (unpaired) electrons. The second-order valence-electron chi connectivity index (χ2n) is 6.82. The topological polar surface area (TPSA) is 34.1 Å². The zero-order chi connectivity index (χ0) is 15.7. The van der Waals surface area contributed by atoms with Crippen LogP contribution in [0.1, 0.15) is 49.9 Å². The zero-order valence-corrected chi connectivity index (χ0v) is 14.2. The van der Waals surface area contributed by atoms with Gasteiger partial charge < -0.3 is 0 Å². The fraction of sp³-hybridized carbons (Fsp3) is 0.579. The fourth-order valence-corrected chi connectivity index (χ4v) is 5.54. The van der Waals surface area contributed by atoms with Crippen LogP contribution < -0.4 is 0 Å². The first-order valence-corrected chi connectivity index (χ1v) is 9.34. The minimum atomic E-state index is -0.477. The molecule has 0 bridgehead atoms. The molecule has 22 heavy (non-hydrogen) atoms. The summed E-state index contributed by atoms with van der Waals surface area (Å²) in [5.41, 5.74) is 0.280. The molecule has 1 aromatic carbocycles. The van der Waals surface area contributed by atoms with Gasteiger partial charge in [-0.2, -0.15) is 0 Å². The van der Waals surface area contributed by atoms with Gasteiger partial charge >= 0.3 is 0 Å². The van der Waals surface area contributed by atoms with Gasteiger partial charge in [0.15, 0.2) is 10.9 Å². The number of thioether (sulfide) groups is 1. The smallest absolute Gasteiger partial charge is 0.195 e. The molecule has 3 rings (SSSR count). The van der Waals surface area contributed by atoms with Gasteiger partial charge in [0.1, 0.15) is 0 Å². The Morgan fingerprint density at radius 2 is 1.95 bits per heavy atom. The highest BCUT2D eigenvalue weighted by atomic mass is 32.2. The van der Waals surface area contributed by atoms with E-state index in [9.17, 15) is 9.59 Å². The third kappa shape index (κ3) is 2.44. The van der Waals surface area contributed by atoms with Crippen molar-refractivity contribution in [1.82, 2.24) is 0 Å². The van der Waals surface area contributed by atoms with E-state index in [0.717, 1.165) is 24.2 Å². The summed E-state index contributed by atoms with van der Waals surface area (Å²) in [6.07, 6.45) is 4.39. The summed E-state index contributed by atoms with van der Waals surface area (Å²) >= 11 is 1.40. The molecule has 118 valence electrons. The molecule has 2 aliphatic rings. The molecule has 0 N–H and O–H groups in total. The average Bonchev–Trinajstić information content (AvgIpc) is 3.10. The molecule has 4 atom stereocenters. The highest BCUT2D eigenvalue weighted by molar-refractivity contribution is 8.13. The third-order valence-electron chi connectivity index (χ3n) is 5.78. The minimum Gasteiger partial charge on any atom is -0.294 e. The Bertz CT molecular complexity index is 568. The van der Waals surface area contributed by atoms with Gasteiger partial charge in [0.25, 0.3) is 0 Å². The van der Waals surface area contributed by atoms with Gasteiger partial charge in [-0.3, -0.25) is 9.59 Å². The maximum Gasteiger partial charge on any atom is 0.195 e. The van der Waals surface area contributed by atoms with Gasteiger partial charge in [-0.25, -0.2) is 0 Å². The molecular formula is C19H24O2S. The lowest BCUT2D eigenvalue weighted by atomic mass is 9.71. The third-order valence-corrected chi connectivity index (χ3v) is 6.77. The largest absolute Gasteiger partial charge is 0.294 e. The molecule has 2 nitrogen and oxygen atoms in total. The summed E-state index contributed by atoms with van der Waals surface area (Å²) in [5, 5.41) is 0.235. The van der Waals surface area contributed by atoms with Crippen LogP contribution in [0.5, 0.6) is 0 Å². The zero-order valence-electron chi connectivity index (χ0n) is 13.4. The molecule has 0 spiro atoms. The van der Waals surface area contributed by atoms with Gasteiger partial charge in [0, 0.05) is 16.9 Å². The van der Waals surface area contributed by atoms with Crippen molar-refractivity contribution >= 4 is 22.7 Å². The van der Waals surface area contributed by atoms with Crippen LogP contribution in [-0.4, -0.2) is 16.7 Å². The quantitative estimate of drug-likeness (QED) is 0.762. The molecule has 3 heteroatoms. The van der Waals surface area contributed by atoms with Crippen LogP contribution in [0, 0.1) is 23.2 Å². The van der Waals surface area contributed by atoms with Crippen molar-refractivity contribution in [2.24, 2.45) is 23.2 Å². The van der Waals surface area contributed by atoms with E-state index in [1.165, 1.54) is 24.6 Å². The lowest BCUT2D eigenvalue weighted by Crippen LogP contribution is -2.39. The van der Waals surface area contributed by atoms with Crippen LogP contribution in [0.3, 0.4) is 0 Å². The number of carbonyl (C=O) groups is 2. The van der Waals surface area contributed by atoms with Crippen molar-refractivity contribution in [3.8, 4) is 0 Å². The number of fused-ring (bicyclic) bond motifs is 1. The van der Waals surface area contributed by atoms with Crippen molar-refractivity contribution in [1.29, 1.82) is 0 Å². The average molecular weight is 316 g/mol. The number of rotatable bonds is 4. The Labute approximate surface area is 137 Å². The SMILES string of the molecule is CCSC(=O)[C@]1(C)[C@@H](C(=O)c2ccccc2)C[C@H]2CCC[C@H]21. The highest BCUT2D eigenvalue weighted by Gasteiger charge is 2.59. The van der Waals surface area contributed by atoms with Gasteiger partial charge in [0.2, 0.25) is 0 Å². The van der Waals surface area contributed by atoms with Crippen molar-refractivity contribution < 1.29 is 9.59 Å². The van der Waals surface area contributed by atoms with Crippen LogP contribution in [0.2, 0.25) is 0 Å². The van der Waals surface area contributed by atoms with Crippen LogP contribution in [0.15, 0.2) is 30.3 Å². The van der Waals surface area contributed by atoms with E-state index in [1.807, 2.05) is 37.3 Å². The second kappa shape index (κ2) is 6.19. The van der Waals surface area contributed by atoms with Gasteiger partial charge in [-0.15, -0.1) is 0 Å². The first-order valence-electron chi connectivity index (χ1n) is 8.35. The standard InChI is InChI=1S/C19H24O2S/c1-3-22-18(21)19(2)15-11-7-10-14(15)12-16(19)17(20)13-8-5-4-6-9-13/h4-6,8-9,14-16H,3,7,10-12H2,1-2H3/t14-,15-,16-,19+/m1/s1. The lowest BCUT2D eigenvalue weighted by molar-refractivity contribution is -0.122. The Kier molecular flexibility index (Phi) is 4.44. The molecule has 0 aromatic heterocycles. The summed E-state index contributed by atoms with van der Waals surface area (Å²) in [7, 11) is 0. The first kappa shape index (κ1) is 15.8. The summed E-state index contributed by atoms with van der Waals surface area (Å²) < 4.78 is 0. The van der Waals surface area contributed by atoms with Gasteiger partial charge in [0.05, 0.1) is 0 Å². The fourth-order valence-electron chi connectivity index (χ4n) is 4.68. The molecular weight excluding hydrogens is 292 g/mol.